The summed E-state index contributed by atoms with van der Waals surface area (Å²) in [5.74, 6) is 0.0596. The van der Waals surface area contributed by atoms with Crippen LogP contribution in [-0.2, 0) is 21.7 Å². The average Bonchev–Trinajstić information content (AvgIpc) is 3.77. The van der Waals surface area contributed by atoms with E-state index >= 15 is 0 Å². The van der Waals surface area contributed by atoms with Gasteiger partial charge < -0.3 is 15.8 Å². The largest absolute Gasteiger partial charge is 0.382 e. The molecule has 2 saturated heterocycles. The first-order chi connectivity index (χ1) is 21.6. The summed E-state index contributed by atoms with van der Waals surface area (Å²) in [5, 5.41) is 16.0. The molecule has 2 aliphatic rings. The molecule has 2 bridgehead atoms. The summed E-state index contributed by atoms with van der Waals surface area (Å²) < 4.78 is 28.3. The maximum absolute atomic E-state index is 13.4. The summed E-state index contributed by atoms with van der Waals surface area (Å²) >= 11 is 0. The number of pyridine rings is 1. The summed E-state index contributed by atoms with van der Waals surface area (Å²) in [7, 11) is -3.77. The highest BCUT2D eigenvalue weighted by atomic mass is 32.2. The molecule has 234 valence electrons. The third-order valence-electron chi connectivity index (χ3n) is 9.89. The van der Waals surface area contributed by atoms with Gasteiger partial charge in [-0.05, 0) is 44.6 Å². The zero-order chi connectivity index (χ0) is 31.5. The van der Waals surface area contributed by atoms with Gasteiger partial charge in [0.2, 0.25) is 0 Å². The minimum Gasteiger partial charge on any atom is -0.382 e. The summed E-state index contributed by atoms with van der Waals surface area (Å²) in [5.41, 5.74) is 12.1. The third-order valence-corrected chi connectivity index (χ3v) is 11.0. The number of aliphatic hydroxyl groups excluding tert-OH is 1. The second-order valence-electron chi connectivity index (χ2n) is 12.4. The summed E-state index contributed by atoms with van der Waals surface area (Å²) in [6.07, 6.45) is 9.96. The standard InChI is InChI=1S/C33H38N8O3S/c1-4-25-27(37-19-36-25)32(42)40-22-12-13-23(40)16-33(5-2,15-22)29-28(45(3,43)44)30(34)41-31(39-29)24(18-38-41)21-11-14-26(35-17-21)20-9-7-6-8-10-20/h6-11,14,17-19,22-23,32,42H,4-5,12-13,15-16,34H2,1-3H3,(H,36,37). The number of hydrogen-bond donors (Lipinski definition) is 3. The second-order valence-corrected chi connectivity index (χ2v) is 14.4. The number of aromatic amines is 1. The van der Waals surface area contributed by atoms with E-state index in [1.807, 2.05) is 49.4 Å². The van der Waals surface area contributed by atoms with Crippen LogP contribution in [0, 0.1) is 0 Å². The molecule has 4 N–H and O–H groups in total. The first kappa shape index (κ1) is 29.6. The van der Waals surface area contributed by atoms with Crippen LogP contribution >= 0.6 is 0 Å². The number of aliphatic hydroxyl groups is 1. The quantitative estimate of drug-likeness (QED) is 0.222. The number of benzene rings is 1. The minimum atomic E-state index is -3.77. The van der Waals surface area contributed by atoms with Gasteiger partial charge in [0.1, 0.15) is 16.4 Å². The molecule has 0 radical (unpaired) electrons. The molecule has 2 aliphatic heterocycles. The fourth-order valence-corrected chi connectivity index (χ4v) is 8.75. The molecule has 3 atom stereocenters. The normalized spacial score (nSPS) is 22.7. The Morgan fingerprint density at radius 1 is 1.04 bits per heavy atom. The van der Waals surface area contributed by atoms with Crippen LogP contribution in [0.3, 0.4) is 0 Å². The lowest BCUT2D eigenvalue weighted by molar-refractivity contribution is -0.0692. The number of rotatable bonds is 8. The number of piperidine rings is 1. The summed E-state index contributed by atoms with van der Waals surface area (Å²) in [6, 6.07) is 13.9. The first-order valence-electron chi connectivity index (χ1n) is 15.5. The van der Waals surface area contributed by atoms with Crippen molar-refractivity contribution in [3.8, 4) is 22.4 Å². The van der Waals surface area contributed by atoms with Gasteiger partial charge in [0.25, 0.3) is 0 Å². The van der Waals surface area contributed by atoms with Gasteiger partial charge in [-0.25, -0.2) is 18.4 Å². The van der Waals surface area contributed by atoms with Gasteiger partial charge in [0.05, 0.1) is 23.9 Å². The fraction of sp³-hybridized carbons (Fsp3) is 0.394. The van der Waals surface area contributed by atoms with E-state index in [9.17, 15) is 13.5 Å². The Bertz CT molecular complexity index is 1960. The van der Waals surface area contributed by atoms with Gasteiger partial charge in [0.15, 0.2) is 21.7 Å². The predicted octanol–water partition coefficient (Wildman–Crippen LogP) is 4.70. The van der Waals surface area contributed by atoms with E-state index in [-0.39, 0.29) is 22.8 Å². The molecular weight excluding hydrogens is 588 g/mol. The van der Waals surface area contributed by atoms with Crippen molar-refractivity contribution in [2.75, 3.05) is 12.0 Å². The molecule has 3 unspecified atom stereocenters. The first-order valence-corrected chi connectivity index (χ1v) is 17.4. The molecule has 45 heavy (non-hydrogen) atoms. The van der Waals surface area contributed by atoms with E-state index in [4.69, 9.17) is 15.7 Å². The van der Waals surface area contributed by atoms with E-state index in [1.165, 1.54) is 10.8 Å². The minimum absolute atomic E-state index is 0.0332. The van der Waals surface area contributed by atoms with Crippen LogP contribution in [0.4, 0.5) is 5.82 Å². The summed E-state index contributed by atoms with van der Waals surface area (Å²) in [4.78, 5) is 19.7. The lowest BCUT2D eigenvalue weighted by Gasteiger charge is -2.48. The third kappa shape index (κ3) is 4.82. The van der Waals surface area contributed by atoms with E-state index < -0.39 is 21.5 Å². The van der Waals surface area contributed by atoms with Crippen LogP contribution in [0.5, 0.6) is 0 Å². The number of anilines is 1. The highest BCUT2D eigenvalue weighted by Gasteiger charge is 2.53. The average molecular weight is 627 g/mol. The van der Waals surface area contributed by atoms with Crippen LogP contribution in [0.2, 0.25) is 0 Å². The van der Waals surface area contributed by atoms with Crippen molar-refractivity contribution in [3.63, 3.8) is 0 Å². The predicted molar refractivity (Wildman–Crippen MR) is 172 cm³/mol. The Labute approximate surface area is 262 Å². The Hall–Kier alpha value is -4.13. The van der Waals surface area contributed by atoms with Gasteiger partial charge in [-0.15, -0.1) is 0 Å². The van der Waals surface area contributed by atoms with E-state index in [1.54, 1.807) is 18.7 Å². The van der Waals surface area contributed by atoms with Crippen LogP contribution in [0.15, 0.2) is 66.1 Å². The number of nitrogens with one attached hydrogen (secondary N) is 1. The molecule has 0 amide bonds. The SMILES string of the molecule is CCc1[nH]cnc1C(O)N1C2CCC1CC(CC)(c1nc3c(-c4ccc(-c5ccccc5)nc4)cnn3c(N)c1S(C)(=O)=O)C2. The van der Waals surface area contributed by atoms with Crippen LogP contribution in [0.25, 0.3) is 28.0 Å². The lowest BCUT2D eigenvalue weighted by atomic mass is 9.70. The molecule has 6 heterocycles. The highest BCUT2D eigenvalue weighted by Crippen LogP contribution is 2.52. The van der Waals surface area contributed by atoms with Gasteiger partial charge in [-0.3, -0.25) is 9.88 Å². The van der Waals surface area contributed by atoms with Gasteiger partial charge in [-0.1, -0.05) is 50.2 Å². The van der Waals surface area contributed by atoms with Gasteiger partial charge >= 0.3 is 0 Å². The molecule has 12 heteroatoms. The maximum Gasteiger partial charge on any atom is 0.180 e. The highest BCUT2D eigenvalue weighted by molar-refractivity contribution is 7.91. The molecular formula is C33H38N8O3S. The van der Waals surface area contributed by atoms with Crippen molar-refractivity contribution in [1.82, 2.24) is 34.4 Å². The molecule has 5 aromatic rings. The molecule has 4 aromatic heterocycles. The number of nitrogen functional groups attached to an aromatic ring is 1. The second kappa shape index (κ2) is 11.0. The van der Waals surface area contributed by atoms with Crippen molar-refractivity contribution < 1.29 is 13.5 Å². The van der Waals surface area contributed by atoms with Crippen LogP contribution in [-0.4, -0.2) is 66.3 Å². The number of fused-ring (bicyclic) bond motifs is 3. The van der Waals surface area contributed by atoms with Crippen molar-refractivity contribution in [2.24, 2.45) is 0 Å². The topological polar surface area (TPSA) is 155 Å². The fourth-order valence-electron chi connectivity index (χ4n) is 7.67. The van der Waals surface area contributed by atoms with E-state index in [0.717, 1.165) is 47.3 Å². The van der Waals surface area contributed by atoms with Crippen molar-refractivity contribution in [3.05, 3.63) is 78.3 Å². The van der Waals surface area contributed by atoms with Crippen molar-refractivity contribution in [2.45, 2.75) is 81.0 Å². The number of nitrogens with two attached hydrogens (primary N) is 1. The Kier molecular flexibility index (Phi) is 7.25. The Morgan fingerprint density at radius 2 is 1.78 bits per heavy atom. The van der Waals surface area contributed by atoms with Gasteiger partial charge in [0, 0.05) is 52.3 Å². The smallest absolute Gasteiger partial charge is 0.180 e. The molecule has 0 aliphatic carbocycles. The zero-order valence-corrected chi connectivity index (χ0v) is 26.5. The number of aromatic nitrogens is 6. The van der Waals surface area contributed by atoms with Crippen LogP contribution < -0.4 is 5.73 Å². The monoisotopic (exact) mass is 626 g/mol. The van der Waals surface area contributed by atoms with Gasteiger partial charge in [-0.2, -0.15) is 9.61 Å². The number of imidazole rings is 1. The van der Waals surface area contributed by atoms with Crippen molar-refractivity contribution >= 4 is 21.3 Å². The molecule has 0 spiro atoms. The van der Waals surface area contributed by atoms with E-state index in [2.05, 4.69) is 26.9 Å². The number of hydrogen-bond acceptors (Lipinski definition) is 9. The van der Waals surface area contributed by atoms with Crippen LogP contribution in [0.1, 0.15) is 69.3 Å². The number of H-pyrrole nitrogens is 1. The molecule has 0 saturated carbocycles. The number of aryl methyl sites for hydroxylation is 1. The van der Waals surface area contributed by atoms with E-state index in [0.29, 0.717) is 36.3 Å². The molecule has 11 nitrogen and oxygen atoms in total. The number of nitrogens with zero attached hydrogens (tertiary/aromatic N) is 6. The number of sulfone groups is 1. The maximum atomic E-state index is 13.4. The molecule has 1 aromatic carbocycles. The molecule has 2 fully saturated rings. The molecule has 7 rings (SSSR count). The Balaban J connectivity index is 1.32. The lowest BCUT2D eigenvalue weighted by Crippen LogP contribution is -2.51. The van der Waals surface area contributed by atoms with Crippen molar-refractivity contribution in [1.29, 1.82) is 0 Å². The summed E-state index contributed by atoms with van der Waals surface area (Å²) in [6.45, 7) is 4.13. The Morgan fingerprint density at radius 3 is 2.40 bits per heavy atom. The zero-order valence-electron chi connectivity index (χ0n) is 25.7.